The molecule has 2 aliphatic rings. The number of fused-ring (bicyclic) bond motifs is 2. The van der Waals surface area contributed by atoms with E-state index in [0.717, 1.165) is 36.4 Å². The molecule has 148 valence electrons. The van der Waals surface area contributed by atoms with Gasteiger partial charge in [0.05, 0.1) is 20.1 Å². The molecule has 0 saturated carbocycles. The quantitative estimate of drug-likeness (QED) is 0.678. The molecule has 7 nitrogen and oxygen atoms in total. The number of benzene rings is 2. The molecular weight excluding hydrogens is 370 g/mol. The molecule has 1 amide bonds. The van der Waals surface area contributed by atoms with E-state index in [1.165, 1.54) is 5.82 Å². The van der Waals surface area contributed by atoms with Crippen LogP contribution in [0.1, 0.15) is 12.2 Å². The highest BCUT2D eigenvalue weighted by molar-refractivity contribution is 5.90. The Morgan fingerprint density at radius 3 is 2.83 bits per heavy atom. The van der Waals surface area contributed by atoms with Gasteiger partial charge in [-0.15, -0.1) is 0 Å². The van der Waals surface area contributed by atoms with Crippen LogP contribution in [0.25, 0.3) is 11.3 Å². The zero-order chi connectivity index (χ0) is 19.8. The Kier molecular flexibility index (Phi) is 4.35. The number of carbonyl (C=O) groups excluding carboxylic acids is 1. The van der Waals surface area contributed by atoms with Gasteiger partial charge in [-0.05, 0) is 42.8 Å². The minimum atomic E-state index is -0.0737. The van der Waals surface area contributed by atoms with Crippen LogP contribution in [0.5, 0.6) is 17.2 Å². The molecule has 0 spiro atoms. The predicted molar refractivity (Wildman–Crippen MR) is 106 cm³/mol. The second-order valence-corrected chi connectivity index (χ2v) is 7.16. The SMILES string of the molecule is COc1ccc(-c2c[n+](CC(=O)Nc3ccc4c(c3)OCO4)c3n2CCC3)cc1. The summed E-state index contributed by atoms with van der Waals surface area (Å²) in [6, 6.07) is 13.4. The third-order valence-corrected chi connectivity index (χ3v) is 5.35. The van der Waals surface area contributed by atoms with Gasteiger partial charge in [0.1, 0.15) is 11.9 Å². The molecule has 5 rings (SSSR count). The summed E-state index contributed by atoms with van der Waals surface area (Å²) in [6.45, 7) is 1.45. The first-order valence-corrected chi connectivity index (χ1v) is 9.67. The number of carbonyl (C=O) groups is 1. The van der Waals surface area contributed by atoms with Gasteiger partial charge >= 0.3 is 0 Å². The molecule has 0 radical (unpaired) electrons. The van der Waals surface area contributed by atoms with E-state index in [0.29, 0.717) is 17.2 Å². The predicted octanol–water partition coefficient (Wildman–Crippen LogP) is 2.76. The first kappa shape index (κ1) is 17.6. The number of ether oxygens (including phenoxy) is 3. The van der Waals surface area contributed by atoms with Crippen molar-refractivity contribution in [1.82, 2.24) is 4.57 Å². The van der Waals surface area contributed by atoms with Crippen LogP contribution in [0.4, 0.5) is 5.69 Å². The Bertz CT molecular complexity index is 1070. The molecule has 0 bridgehead atoms. The number of nitrogens with zero attached hydrogens (tertiary/aromatic N) is 2. The molecule has 0 fully saturated rings. The standard InChI is InChI=1S/C22H21N3O4/c1-27-17-7-4-15(5-8-17)18-12-24(22-3-2-10-25(18)22)13-21(26)23-16-6-9-19-20(11-16)29-14-28-19/h4-9,11-12H,2-3,10,13-14H2,1H3/p+1. The molecule has 3 aromatic rings. The summed E-state index contributed by atoms with van der Waals surface area (Å²) in [7, 11) is 1.66. The lowest BCUT2D eigenvalue weighted by molar-refractivity contribution is -0.690. The van der Waals surface area contributed by atoms with E-state index in [4.69, 9.17) is 14.2 Å². The van der Waals surface area contributed by atoms with Crippen LogP contribution in [0.2, 0.25) is 0 Å². The average molecular weight is 392 g/mol. The number of methoxy groups -OCH3 is 1. The van der Waals surface area contributed by atoms with Gasteiger partial charge in [0.15, 0.2) is 23.7 Å². The monoisotopic (exact) mass is 392 g/mol. The smallest absolute Gasteiger partial charge is 0.266 e. The first-order valence-electron chi connectivity index (χ1n) is 9.67. The van der Waals surface area contributed by atoms with Gasteiger partial charge in [0.2, 0.25) is 6.79 Å². The zero-order valence-corrected chi connectivity index (χ0v) is 16.2. The first-order chi connectivity index (χ1) is 14.2. The van der Waals surface area contributed by atoms with E-state index < -0.39 is 0 Å². The Hall–Kier alpha value is -3.48. The van der Waals surface area contributed by atoms with Crippen LogP contribution >= 0.6 is 0 Å². The van der Waals surface area contributed by atoms with Crippen LogP contribution in [0, 0.1) is 0 Å². The lowest BCUT2D eigenvalue weighted by Gasteiger charge is -2.05. The van der Waals surface area contributed by atoms with Crippen LogP contribution in [0.15, 0.2) is 48.7 Å². The van der Waals surface area contributed by atoms with Gasteiger partial charge in [-0.25, -0.2) is 9.13 Å². The summed E-state index contributed by atoms with van der Waals surface area (Å²) in [4.78, 5) is 12.7. The molecule has 7 heteroatoms. The summed E-state index contributed by atoms with van der Waals surface area (Å²) in [5.41, 5.74) is 2.94. The van der Waals surface area contributed by atoms with Gasteiger partial charge < -0.3 is 19.5 Å². The zero-order valence-electron chi connectivity index (χ0n) is 16.2. The van der Waals surface area contributed by atoms with Gasteiger partial charge in [-0.2, -0.15) is 0 Å². The van der Waals surface area contributed by atoms with E-state index in [1.807, 2.05) is 24.3 Å². The summed E-state index contributed by atoms with van der Waals surface area (Å²) in [5.74, 6) is 3.29. The van der Waals surface area contributed by atoms with Gasteiger partial charge in [-0.3, -0.25) is 4.79 Å². The fraction of sp³-hybridized carbons (Fsp3) is 0.273. The normalized spacial score (nSPS) is 14.0. The molecule has 1 N–H and O–H groups in total. The van der Waals surface area contributed by atoms with Crippen molar-refractivity contribution in [3.63, 3.8) is 0 Å². The minimum Gasteiger partial charge on any atom is -0.497 e. The number of hydrogen-bond donors (Lipinski definition) is 1. The summed E-state index contributed by atoms with van der Waals surface area (Å²) >= 11 is 0. The fourth-order valence-electron chi connectivity index (χ4n) is 3.97. The highest BCUT2D eigenvalue weighted by Gasteiger charge is 2.29. The Balaban J connectivity index is 1.36. The van der Waals surface area contributed by atoms with Crippen LogP contribution in [0.3, 0.4) is 0 Å². The van der Waals surface area contributed by atoms with Gasteiger partial charge in [-0.1, -0.05) is 0 Å². The van der Waals surface area contributed by atoms with E-state index in [1.54, 1.807) is 13.2 Å². The molecule has 29 heavy (non-hydrogen) atoms. The summed E-state index contributed by atoms with van der Waals surface area (Å²) in [6.07, 6.45) is 4.12. The van der Waals surface area contributed by atoms with E-state index >= 15 is 0 Å². The van der Waals surface area contributed by atoms with Gasteiger partial charge in [0, 0.05) is 17.3 Å². The molecule has 3 heterocycles. The maximum atomic E-state index is 12.7. The maximum Gasteiger partial charge on any atom is 0.266 e. The number of anilines is 1. The van der Waals surface area contributed by atoms with Crippen molar-refractivity contribution in [1.29, 1.82) is 0 Å². The van der Waals surface area contributed by atoms with Crippen molar-refractivity contribution < 1.29 is 23.6 Å². The highest BCUT2D eigenvalue weighted by Crippen LogP contribution is 2.34. The third-order valence-electron chi connectivity index (χ3n) is 5.35. The molecule has 2 aliphatic heterocycles. The van der Waals surface area contributed by atoms with Crippen molar-refractivity contribution in [2.45, 2.75) is 25.9 Å². The van der Waals surface area contributed by atoms with Crippen molar-refractivity contribution in [3.8, 4) is 28.5 Å². The Labute approximate surface area is 168 Å². The van der Waals surface area contributed by atoms with Gasteiger partial charge in [0.25, 0.3) is 11.7 Å². The number of rotatable bonds is 5. The fourth-order valence-corrected chi connectivity index (χ4v) is 3.97. The number of amides is 1. The Morgan fingerprint density at radius 2 is 2.00 bits per heavy atom. The largest absolute Gasteiger partial charge is 0.497 e. The molecule has 0 aliphatic carbocycles. The van der Waals surface area contributed by atoms with Crippen LogP contribution < -0.4 is 24.1 Å². The summed E-state index contributed by atoms with van der Waals surface area (Å²) < 4.78 is 20.3. The summed E-state index contributed by atoms with van der Waals surface area (Å²) in [5, 5.41) is 2.95. The second-order valence-electron chi connectivity index (χ2n) is 7.16. The maximum absolute atomic E-state index is 12.7. The van der Waals surface area contributed by atoms with Crippen molar-refractivity contribution in [3.05, 3.63) is 54.5 Å². The molecule has 1 aromatic heterocycles. The highest BCUT2D eigenvalue weighted by atomic mass is 16.7. The lowest BCUT2D eigenvalue weighted by atomic mass is 10.1. The minimum absolute atomic E-state index is 0.0737. The molecule has 0 unspecified atom stereocenters. The van der Waals surface area contributed by atoms with E-state index in [9.17, 15) is 4.79 Å². The second kappa shape index (κ2) is 7.16. The number of aromatic nitrogens is 2. The number of nitrogens with one attached hydrogen (secondary N) is 1. The molecule has 0 saturated heterocycles. The number of hydrogen-bond acceptors (Lipinski definition) is 4. The molecule has 0 atom stereocenters. The molecular formula is C22H22N3O4+. The Morgan fingerprint density at radius 1 is 1.17 bits per heavy atom. The van der Waals surface area contributed by atoms with Crippen molar-refractivity contribution in [2.24, 2.45) is 0 Å². The van der Waals surface area contributed by atoms with Crippen LogP contribution in [-0.4, -0.2) is 24.4 Å². The average Bonchev–Trinajstić information content (AvgIpc) is 3.45. The number of imidazole rings is 1. The van der Waals surface area contributed by atoms with Crippen molar-refractivity contribution in [2.75, 3.05) is 19.2 Å². The topological polar surface area (TPSA) is 65.6 Å². The molecule has 2 aromatic carbocycles. The third kappa shape index (κ3) is 3.29. The van der Waals surface area contributed by atoms with E-state index in [2.05, 4.69) is 32.8 Å². The van der Waals surface area contributed by atoms with E-state index in [-0.39, 0.29) is 19.2 Å². The van der Waals surface area contributed by atoms with Crippen molar-refractivity contribution >= 4 is 11.6 Å². The lowest BCUT2D eigenvalue weighted by Crippen LogP contribution is -2.42. The van der Waals surface area contributed by atoms with Crippen LogP contribution in [-0.2, 0) is 24.3 Å².